The number of nitrogens with one attached hydrogen (secondary N) is 1. The molecule has 1 saturated heterocycles. The number of rotatable bonds is 4. The third kappa shape index (κ3) is 3.35. The maximum Gasteiger partial charge on any atom is 0.225 e. The van der Waals surface area contributed by atoms with Gasteiger partial charge >= 0.3 is 0 Å². The average Bonchev–Trinajstić information content (AvgIpc) is 3.15. The molecule has 1 aromatic heterocycles. The van der Waals surface area contributed by atoms with Crippen LogP contribution in [0.1, 0.15) is 37.9 Å². The second-order valence-corrected chi connectivity index (χ2v) is 5.79. The zero-order valence-electron chi connectivity index (χ0n) is 11.4. The van der Waals surface area contributed by atoms with Crippen LogP contribution in [-0.2, 0) is 4.79 Å². The van der Waals surface area contributed by atoms with Gasteiger partial charge in [0.05, 0.1) is 0 Å². The number of aromatic nitrogens is 1. The molecule has 0 aromatic carbocycles. The van der Waals surface area contributed by atoms with Crippen LogP contribution in [0.5, 0.6) is 0 Å². The monoisotopic (exact) mass is 263 g/mol. The van der Waals surface area contributed by atoms with Crippen LogP contribution < -0.4 is 5.32 Å². The van der Waals surface area contributed by atoms with Gasteiger partial charge < -0.3 is 14.7 Å². The Balaban J connectivity index is 1.42. The van der Waals surface area contributed by atoms with E-state index in [0.29, 0.717) is 23.9 Å². The van der Waals surface area contributed by atoms with Crippen LogP contribution in [0.25, 0.3) is 0 Å². The van der Waals surface area contributed by atoms with Crippen LogP contribution in [0, 0.1) is 12.8 Å². The minimum Gasteiger partial charge on any atom is -0.360 e. The normalized spacial score (nSPS) is 21.5. The van der Waals surface area contributed by atoms with Gasteiger partial charge in [-0.15, -0.1) is 0 Å². The van der Waals surface area contributed by atoms with Crippen molar-refractivity contribution in [2.45, 2.75) is 45.1 Å². The molecule has 1 aliphatic carbocycles. The number of likely N-dealkylation sites (tertiary alicyclic amines) is 1. The molecular formula is C14H21N3O2. The fourth-order valence-electron chi connectivity index (χ4n) is 2.84. The minimum atomic E-state index is 0.0539. The second-order valence-electron chi connectivity index (χ2n) is 5.79. The number of hydrogen-bond donors (Lipinski definition) is 1. The molecule has 2 heterocycles. The molecule has 1 saturated carbocycles. The predicted molar refractivity (Wildman–Crippen MR) is 71.8 cm³/mol. The molecule has 104 valence electrons. The predicted octanol–water partition coefficient (Wildman–Crippen LogP) is 2.19. The number of nitrogens with zero attached hydrogens (tertiary/aromatic N) is 2. The van der Waals surface area contributed by atoms with E-state index in [1.807, 2.05) is 6.92 Å². The van der Waals surface area contributed by atoms with Gasteiger partial charge in [0, 0.05) is 18.5 Å². The highest BCUT2D eigenvalue weighted by Gasteiger charge is 2.32. The zero-order valence-corrected chi connectivity index (χ0v) is 11.4. The first-order valence-electron chi connectivity index (χ1n) is 7.18. The van der Waals surface area contributed by atoms with Gasteiger partial charge in [-0.25, -0.2) is 0 Å². The maximum atomic E-state index is 11.9. The first-order chi connectivity index (χ1) is 9.20. The molecule has 2 fully saturated rings. The Morgan fingerprint density at radius 1 is 1.42 bits per heavy atom. The summed E-state index contributed by atoms with van der Waals surface area (Å²) in [6, 6.07) is 2.60. The largest absolute Gasteiger partial charge is 0.360 e. The Morgan fingerprint density at radius 3 is 2.74 bits per heavy atom. The zero-order chi connectivity index (χ0) is 13.2. The second kappa shape index (κ2) is 5.33. The average molecular weight is 263 g/mol. The van der Waals surface area contributed by atoms with Crippen molar-refractivity contribution in [3.05, 3.63) is 11.8 Å². The Labute approximate surface area is 113 Å². The van der Waals surface area contributed by atoms with E-state index in [2.05, 4.69) is 15.4 Å². The fraction of sp³-hybridized carbons (Fsp3) is 0.714. The van der Waals surface area contributed by atoms with Gasteiger partial charge in [-0.3, -0.25) is 4.79 Å². The number of aryl methyl sites for hydroxylation is 1. The van der Waals surface area contributed by atoms with Gasteiger partial charge in [0.1, 0.15) is 5.76 Å². The van der Waals surface area contributed by atoms with Crippen molar-refractivity contribution < 1.29 is 9.32 Å². The van der Waals surface area contributed by atoms with E-state index >= 15 is 0 Å². The Bertz CT molecular complexity index is 445. The Kier molecular flexibility index (Phi) is 3.55. The molecule has 0 radical (unpaired) electrons. The fourth-order valence-corrected chi connectivity index (χ4v) is 2.84. The number of piperidine rings is 1. The van der Waals surface area contributed by atoms with Crippen molar-refractivity contribution in [1.82, 2.24) is 10.1 Å². The summed E-state index contributed by atoms with van der Waals surface area (Å²) >= 11 is 0. The maximum absolute atomic E-state index is 11.9. The SMILES string of the molecule is Cc1cc(NC(=O)CC2CCN(C3CC3)CC2)no1. The summed E-state index contributed by atoms with van der Waals surface area (Å²) in [6.07, 6.45) is 5.63. The van der Waals surface area contributed by atoms with Crippen molar-refractivity contribution in [1.29, 1.82) is 0 Å². The molecule has 19 heavy (non-hydrogen) atoms. The quantitative estimate of drug-likeness (QED) is 0.904. The molecule has 1 amide bonds. The van der Waals surface area contributed by atoms with Gasteiger partial charge in [0.2, 0.25) is 5.91 Å². The van der Waals surface area contributed by atoms with Crippen LogP contribution in [0.15, 0.2) is 10.6 Å². The number of carbonyl (C=O) groups is 1. The van der Waals surface area contributed by atoms with Crippen molar-refractivity contribution >= 4 is 11.7 Å². The first-order valence-corrected chi connectivity index (χ1v) is 7.18. The van der Waals surface area contributed by atoms with Gasteiger partial charge in [-0.05, 0) is 51.6 Å². The third-order valence-electron chi connectivity index (χ3n) is 4.08. The summed E-state index contributed by atoms with van der Waals surface area (Å²) in [5, 5.41) is 6.58. The molecule has 1 aliphatic heterocycles. The molecule has 2 aliphatic rings. The molecule has 1 aromatic rings. The molecule has 0 atom stereocenters. The lowest BCUT2D eigenvalue weighted by Gasteiger charge is -2.31. The molecule has 1 N–H and O–H groups in total. The van der Waals surface area contributed by atoms with Gasteiger partial charge in [-0.1, -0.05) is 5.16 Å². The summed E-state index contributed by atoms with van der Waals surface area (Å²) < 4.78 is 4.93. The smallest absolute Gasteiger partial charge is 0.225 e. The van der Waals surface area contributed by atoms with Crippen LogP contribution in [0.3, 0.4) is 0 Å². The van der Waals surface area contributed by atoms with Crippen molar-refractivity contribution in [3.8, 4) is 0 Å². The van der Waals surface area contributed by atoms with E-state index in [1.54, 1.807) is 6.07 Å². The van der Waals surface area contributed by atoms with E-state index in [9.17, 15) is 4.79 Å². The molecule has 5 heteroatoms. The number of amides is 1. The number of hydrogen-bond acceptors (Lipinski definition) is 4. The van der Waals surface area contributed by atoms with E-state index in [4.69, 9.17) is 4.52 Å². The topological polar surface area (TPSA) is 58.4 Å². The third-order valence-corrected chi connectivity index (χ3v) is 4.08. The highest BCUT2D eigenvalue weighted by atomic mass is 16.5. The minimum absolute atomic E-state index is 0.0539. The van der Waals surface area contributed by atoms with Crippen LogP contribution in [0.4, 0.5) is 5.82 Å². The Morgan fingerprint density at radius 2 is 2.16 bits per heavy atom. The molecule has 0 unspecified atom stereocenters. The van der Waals surface area contributed by atoms with E-state index < -0.39 is 0 Å². The van der Waals surface area contributed by atoms with Gasteiger partial charge in [-0.2, -0.15) is 0 Å². The molecule has 5 nitrogen and oxygen atoms in total. The van der Waals surface area contributed by atoms with Crippen LogP contribution in [0.2, 0.25) is 0 Å². The van der Waals surface area contributed by atoms with Crippen molar-refractivity contribution in [2.24, 2.45) is 5.92 Å². The summed E-state index contributed by atoms with van der Waals surface area (Å²) in [7, 11) is 0. The van der Waals surface area contributed by atoms with Crippen molar-refractivity contribution in [2.75, 3.05) is 18.4 Å². The number of anilines is 1. The lowest BCUT2D eigenvalue weighted by molar-refractivity contribution is -0.117. The lowest BCUT2D eigenvalue weighted by Crippen LogP contribution is -2.36. The lowest BCUT2D eigenvalue weighted by atomic mass is 9.93. The van der Waals surface area contributed by atoms with E-state index in [1.165, 1.54) is 12.8 Å². The summed E-state index contributed by atoms with van der Waals surface area (Å²) in [4.78, 5) is 14.5. The van der Waals surface area contributed by atoms with E-state index in [-0.39, 0.29) is 5.91 Å². The molecular weight excluding hydrogens is 242 g/mol. The van der Waals surface area contributed by atoms with E-state index in [0.717, 1.165) is 32.0 Å². The molecule has 0 spiro atoms. The Hall–Kier alpha value is -1.36. The van der Waals surface area contributed by atoms with Crippen LogP contribution >= 0.6 is 0 Å². The highest BCUT2D eigenvalue weighted by Crippen LogP contribution is 2.31. The first kappa shape index (κ1) is 12.7. The summed E-state index contributed by atoms with van der Waals surface area (Å²) in [5.41, 5.74) is 0. The number of carbonyl (C=O) groups excluding carboxylic acids is 1. The highest BCUT2D eigenvalue weighted by molar-refractivity contribution is 5.89. The van der Waals surface area contributed by atoms with Crippen LogP contribution in [-0.4, -0.2) is 35.1 Å². The molecule has 0 bridgehead atoms. The van der Waals surface area contributed by atoms with Crippen molar-refractivity contribution in [3.63, 3.8) is 0 Å². The molecule has 3 rings (SSSR count). The van der Waals surface area contributed by atoms with Gasteiger partial charge in [0.25, 0.3) is 0 Å². The summed E-state index contributed by atoms with van der Waals surface area (Å²) in [6.45, 7) is 4.13. The standard InChI is InChI=1S/C14H21N3O2/c1-10-8-13(16-19-10)15-14(18)9-11-4-6-17(7-5-11)12-2-3-12/h8,11-12H,2-7,9H2,1H3,(H,15,16,18). The van der Waals surface area contributed by atoms with Gasteiger partial charge in [0.15, 0.2) is 5.82 Å². The summed E-state index contributed by atoms with van der Waals surface area (Å²) in [5.74, 6) is 1.81.